The van der Waals surface area contributed by atoms with Crippen LogP contribution in [-0.4, -0.2) is 29.8 Å². The molecule has 0 atom stereocenters. The van der Waals surface area contributed by atoms with Gasteiger partial charge in [0.15, 0.2) is 0 Å². The van der Waals surface area contributed by atoms with Gasteiger partial charge in [-0.1, -0.05) is 50.8 Å². The SMILES string of the molecule is C#CCNCCCCl.C=[S-](=O)c1ccccc1[N+](=O)[O-].CCCC. The van der Waals surface area contributed by atoms with Crippen LogP contribution < -0.4 is 5.32 Å². The molecule has 0 bridgehead atoms. The number of halogens is 1. The van der Waals surface area contributed by atoms with Gasteiger partial charge in [0, 0.05) is 11.9 Å². The topological polar surface area (TPSA) is 72.2 Å². The number of alkyl halides is 1. The Balaban J connectivity index is 0. The van der Waals surface area contributed by atoms with E-state index in [2.05, 4.69) is 31.0 Å². The molecule has 136 valence electrons. The minimum atomic E-state index is -1.55. The van der Waals surface area contributed by atoms with E-state index in [9.17, 15) is 14.3 Å². The zero-order valence-electron chi connectivity index (χ0n) is 14.3. The molecule has 5 nitrogen and oxygen atoms in total. The van der Waals surface area contributed by atoms with Crippen molar-refractivity contribution in [3.05, 3.63) is 34.4 Å². The highest BCUT2D eigenvalue weighted by Crippen LogP contribution is 2.18. The molecule has 0 fully saturated rings. The molecule has 0 aliphatic carbocycles. The number of nitro groups is 1. The van der Waals surface area contributed by atoms with Crippen LogP contribution in [0.5, 0.6) is 0 Å². The fourth-order valence-corrected chi connectivity index (χ4v) is 1.89. The maximum atomic E-state index is 10.9. The van der Waals surface area contributed by atoms with E-state index < -0.39 is 15.3 Å². The Labute approximate surface area is 152 Å². The van der Waals surface area contributed by atoms with Gasteiger partial charge in [0.05, 0.1) is 11.5 Å². The molecule has 0 unspecified atom stereocenters. The van der Waals surface area contributed by atoms with Crippen LogP contribution in [0.1, 0.15) is 33.1 Å². The smallest absolute Gasteiger partial charge is 0.253 e. The predicted octanol–water partition coefficient (Wildman–Crippen LogP) is 3.99. The molecule has 1 N–H and O–H groups in total. The maximum absolute atomic E-state index is 10.9. The van der Waals surface area contributed by atoms with Gasteiger partial charge in [-0.3, -0.25) is 10.1 Å². The van der Waals surface area contributed by atoms with Gasteiger partial charge in [-0.25, -0.2) is 10.4 Å². The first-order valence-corrected chi connectivity index (χ1v) is 9.46. The minimum absolute atomic E-state index is 0.147. The first-order chi connectivity index (χ1) is 11.5. The van der Waals surface area contributed by atoms with Crippen LogP contribution in [0.2, 0.25) is 0 Å². The highest BCUT2D eigenvalue weighted by atomic mass is 35.5. The highest BCUT2D eigenvalue weighted by molar-refractivity contribution is 7.82. The molecule has 0 aromatic heterocycles. The first kappa shape index (κ1) is 24.7. The summed E-state index contributed by atoms with van der Waals surface area (Å²) in [5, 5.41) is 13.4. The lowest BCUT2D eigenvalue weighted by Gasteiger charge is -2.02. The molecular weight excluding hydrogens is 348 g/mol. The number of nitrogens with one attached hydrogen (secondary N) is 1. The average molecular weight is 374 g/mol. The molecule has 1 rings (SSSR count). The molecule has 0 heterocycles. The summed E-state index contributed by atoms with van der Waals surface area (Å²) < 4.78 is 10.9. The van der Waals surface area contributed by atoms with Crippen LogP contribution in [0.3, 0.4) is 0 Å². The summed E-state index contributed by atoms with van der Waals surface area (Å²) in [6, 6.07) is 5.85. The van der Waals surface area contributed by atoms with E-state index in [0.717, 1.165) is 13.0 Å². The minimum Gasteiger partial charge on any atom is -0.457 e. The molecule has 0 aliphatic rings. The maximum Gasteiger partial charge on any atom is 0.253 e. The molecule has 1 aromatic rings. The number of benzene rings is 1. The molecule has 0 amide bonds. The van der Waals surface area contributed by atoms with Crippen molar-refractivity contribution in [2.45, 2.75) is 38.0 Å². The van der Waals surface area contributed by atoms with E-state index in [1.165, 1.54) is 31.0 Å². The van der Waals surface area contributed by atoms with E-state index in [4.69, 9.17) is 18.0 Å². The third kappa shape index (κ3) is 14.1. The van der Waals surface area contributed by atoms with Crippen molar-refractivity contribution in [2.24, 2.45) is 0 Å². The summed E-state index contributed by atoms with van der Waals surface area (Å²) in [6.07, 6.45) is 8.59. The largest absolute Gasteiger partial charge is 0.457 e. The molecule has 0 saturated heterocycles. The van der Waals surface area contributed by atoms with Crippen LogP contribution in [0.15, 0.2) is 29.2 Å². The number of rotatable bonds is 7. The van der Waals surface area contributed by atoms with Crippen molar-refractivity contribution in [3.63, 3.8) is 0 Å². The monoisotopic (exact) mass is 373 g/mol. The van der Waals surface area contributed by atoms with E-state index in [-0.39, 0.29) is 10.6 Å². The van der Waals surface area contributed by atoms with Gasteiger partial charge >= 0.3 is 0 Å². The summed E-state index contributed by atoms with van der Waals surface area (Å²) >= 11 is 5.39. The summed E-state index contributed by atoms with van der Waals surface area (Å²) in [7, 11) is -1.55. The fraction of sp³-hybridized carbons (Fsp3) is 0.471. The first-order valence-electron chi connectivity index (χ1n) is 7.61. The second-order valence-electron chi connectivity index (χ2n) is 4.49. The Morgan fingerprint density at radius 1 is 1.38 bits per heavy atom. The van der Waals surface area contributed by atoms with Crippen LogP contribution >= 0.6 is 11.6 Å². The standard InChI is InChI=1S/C7H6NO3S.C6H10ClN.C4H10/c1-12(11)7-5-3-2-4-6(7)8(9)10;1-2-5-8-6-3-4-7;1-3-4-2/h2-5H,1H2;1,8H,3-6H2;3-4H2,1-2H3/q-1;;. The Morgan fingerprint density at radius 3 is 2.33 bits per heavy atom. The van der Waals surface area contributed by atoms with Gasteiger partial charge in [0.1, 0.15) is 0 Å². The van der Waals surface area contributed by atoms with E-state index in [1.807, 2.05) is 0 Å². The van der Waals surface area contributed by atoms with Crippen molar-refractivity contribution < 1.29 is 9.13 Å². The van der Waals surface area contributed by atoms with Gasteiger partial charge < -0.3 is 9.53 Å². The summed E-state index contributed by atoms with van der Waals surface area (Å²) in [6.45, 7) is 5.94. The van der Waals surface area contributed by atoms with Gasteiger partial charge in [-0.15, -0.1) is 18.0 Å². The molecule has 0 spiro atoms. The zero-order chi connectivity index (χ0) is 18.8. The van der Waals surface area contributed by atoms with Crippen molar-refractivity contribution in [2.75, 3.05) is 19.0 Å². The van der Waals surface area contributed by atoms with E-state index >= 15 is 0 Å². The van der Waals surface area contributed by atoms with Crippen LogP contribution in [0.25, 0.3) is 0 Å². The number of nitrogens with zero attached hydrogens (tertiary/aromatic N) is 1. The molecule has 1 aromatic carbocycles. The Kier molecular flexibility index (Phi) is 18.3. The summed E-state index contributed by atoms with van der Waals surface area (Å²) in [4.78, 5) is 9.95. The second kappa shape index (κ2) is 17.8. The van der Waals surface area contributed by atoms with Gasteiger partial charge in [-0.05, 0) is 17.9 Å². The summed E-state index contributed by atoms with van der Waals surface area (Å²) in [5.74, 6) is 6.40. The quantitative estimate of drug-likeness (QED) is 0.149. The average Bonchev–Trinajstić information content (AvgIpc) is 2.59. The third-order valence-corrected chi connectivity index (χ3v) is 3.62. The lowest BCUT2D eigenvalue weighted by molar-refractivity contribution is -0.387. The van der Waals surface area contributed by atoms with Gasteiger partial charge in [0.2, 0.25) is 0 Å². The molecule has 0 radical (unpaired) electrons. The fourth-order valence-electron chi connectivity index (χ4n) is 1.15. The number of nitro benzene ring substituents is 1. The predicted molar refractivity (Wildman–Crippen MR) is 104 cm³/mol. The van der Waals surface area contributed by atoms with Crippen LogP contribution in [0, 0.1) is 22.5 Å². The number of para-hydroxylation sites is 1. The van der Waals surface area contributed by atoms with E-state index in [0.29, 0.717) is 12.4 Å². The molecule has 7 heteroatoms. The Bertz CT molecular complexity index is 559. The zero-order valence-corrected chi connectivity index (χ0v) is 15.9. The highest BCUT2D eigenvalue weighted by Gasteiger charge is 2.05. The van der Waals surface area contributed by atoms with Gasteiger partial charge in [0.25, 0.3) is 5.69 Å². The molecule has 0 saturated carbocycles. The van der Waals surface area contributed by atoms with Gasteiger partial charge in [-0.2, -0.15) is 5.87 Å². The van der Waals surface area contributed by atoms with Crippen molar-refractivity contribution in [1.82, 2.24) is 5.32 Å². The summed E-state index contributed by atoms with van der Waals surface area (Å²) in [5.41, 5.74) is -0.147. The Morgan fingerprint density at radius 2 is 1.96 bits per heavy atom. The molecular formula is C17H26ClN2O3S-. The van der Waals surface area contributed by atoms with Crippen LogP contribution in [0.4, 0.5) is 5.69 Å². The van der Waals surface area contributed by atoms with Crippen molar-refractivity contribution in [3.8, 4) is 12.3 Å². The van der Waals surface area contributed by atoms with Crippen molar-refractivity contribution >= 4 is 33.5 Å². The number of terminal acetylenes is 1. The third-order valence-electron chi connectivity index (χ3n) is 2.52. The normalized spacial score (nSPS) is 9.12. The molecule has 0 aliphatic heterocycles. The number of unbranched alkanes of at least 4 members (excludes halogenated alkanes) is 1. The number of hydrogen-bond acceptors (Lipinski definition) is 5. The second-order valence-corrected chi connectivity index (χ2v) is 6.00. The van der Waals surface area contributed by atoms with E-state index in [1.54, 1.807) is 6.07 Å². The Hall–Kier alpha value is -1.55. The lowest BCUT2D eigenvalue weighted by Crippen LogP contribution is -2.15. The lowest BCUT2D eigenvalue weighted by atomic mass is 10.3. The van der Waals surface area contributed by atoms with Crippen LogP contribution in [-0.2, 0) is 14.6 Å². The van der Waals surface area contributed by atoms with Crippen molar-refractivity contribution in [1.29, 1.82) is 0 Å². The molecule has 24 heavy (non-hydrogen) atoms. The number of hydrogen-bond donors (Lipinski definition) is 1.